The summed E-state index contributed by atoms with van der Waals surface area (Å²) in [5.74, 6) is -0.111. The van der Waals surface area contributed by atoms with Crippen LogP contribution in [0, 0.1) is 0 Å². The highest BCUT2D eigenvalue weighted by Gasteiger charge is 2.15. The number of hydrogen-bond donors (Lipinski definition) is 1. The predicted molar refractivity (Wildman–Crippen MR) is 49.1 cm³/mol. The van der Waals surface area contributed by atoms with Gasteiger partial charge < -0.3 is 10.2 Å². The summed E-state index contributed by atoms with van der Waals surface area (Å²) in [5.41, 5.74) is 0. The number of rotatable bonds is 2. The fraction of sp³-hybridized carbons (Fsp3) is 0.778. The highest BCUT2D eigenvalue weighted by atomic mass is 16.2. The predicted octanol–water partition coefficient (Wildman–Crippen LogP) is 0.135. The minimum atomic E-state index is -0.148. The molecule has 1 aliphatic heterocycles. The highest BCUT2D eigenvalue weighted by Crippen LogP contribution is 2.07. The average Bonchev–Trinajstić information content (AvgIpc) is 2.15. The molecular weight excluding hydrogens is 168 g/mol. The van der Waals surface area contributed by atoms with E-state index in [2.05, 4.69) is 5.32 Å². The highest BCUT2D eigenvalue weighted by molar-refractivity contribution is 5.83. The Kier molecular flexibility index (Phi) is 3.73. The van der Waals surface area contributed by atoms with Gasteiger partial charge in [0.05, 0.1) is 6.54 Å². The molecule has 4 heteroatoms. The molecule has 0 unspecified atom stereocenters. The molecule has 0 radical (unpaired) electrons. The molecule has 0 atom stereocenters. The van der Waals surface area contributed by atoms with Crippen molar-refractivity contribution in [2.24, 2.45) is 0 Å². The average molecular weight is 184 g/mol. The largest absolute Gasteiger partial charge is 0.347 e. The van der Waals surface area contributed by atoms with Crippen molar-refractivity contribution in [3.05, 3.63) is 0 Å². The molecule has 0 aromatic carbocycles. The lowest BCUT2D eigenvalue weighted by atomic mass is 10.1. The molecule has 0 aliphatic carbocycles. The summed E-state index contributed by atoms with van der Waals surface area (Å²) in [6.45, 7) is 3.26. The Morgan fingerprint density at radius 3 is 2.38 bits per heavy atom. The van der Waals surface area contributed by atoms with Crippen molar-refractivity contribution in [2.45, 2.75) is 26.2 Å². The minimum Gasteiger partial charge on any atom is -0.347 e. The Hall–Kier alpha value is -1.06. The van der Waals surface area contributed by atoms with Crippen LogP contribution in [0.5, 0.6) is 0 Å². The summed E-state index contributed by atoms with van der Waals surface area (Å²) in [4.78, 5) is 23.8. The molecule has 4 nitrogen and oxygen atoms in total. The van der Waals surface area contributed by atoms with Gasteiger partial charge in [-0.15, -0.1) is 0 Å². The normalized spacial score (nSPS) is 16.8. The summed E-state index contributed by atoms with van der Waals surface area (Å²) in [6, 6.07) is 0. The van der Waals surface area contributed by atoms with Crippen molar-refractivity contribution in [1.29, 1.82) is 0 Å². The summed E-state index contributed by atoms with van der Waals surface area (Å²) in [6.07, 6.45) is 3.39. The van der Waals surface area contributed by atoms with Gasteiger partial charge in [0, 0.05) is 20.0 Å². The van der Waals surface area contributed by atoms with Crippen LogP contribution in [0.15, 0.2) is 0 Å². The van der Waals surface area contributed by atoms with Crippen LogP contribution in [0.25, 0.3) is 0 Å². The maximum atomic E-state index is 11.4. The van der Waals surface area contributed by atoms with Crippen molar-refractivity contribution in [3.63, 3.8) is 0 Å². The van der Waals surface area contributed by atoms with Crippen molar-refractivity contribution in [2.75, 3.05) is 19.6 Å². The van der Waals surface area contributed by atoms with E-state index in [-0.39, 0.29) is 18.4 Å². The van der Waals surface area contributed by atoms with E-state index >= 15 is 0 Å². The van der Waals surface area contributed by atoms with Gasteiger partial charge in [-0.2, -0.15) is 0 Å². The Balaban J connectivity index is 2.25. The molecule has 0 bridgehead atoms. The number of likely N-dealkylation sites (tertiary alicyclic amines) is 1. The van der Waals surface area contributed by atoms with Gasteiger partial charge in [-0.25, -0.2) is 0 Å². The van der Waals surface area contributed by atoms with E-state index in [0.29, 0.717) is 0 Å². The van der Waals surface area contributed by atoms with Gasteiger partial charge in [0.2, 0.25) is 11.8 Å². The summed E-state index contributed by atoms with van der Waals surface area (Å²) in [5, 5.41) is 2.51. The molecule has 0 spiro atoms. The summed E-state index contributed by atoms with van der Waals surface area (Å²) >= 11 is 0. The topological polar surface area (TPSA) is 49.4 Å². The minimum absolute atomic E-state index is 0.0369. The van der Waals surface area contributed by atoms with Crippen molar-refractivity contribution in [1.82, 2.24) is 10.2 Å². The molecule has 0 aromatic rings. The molecule has 13 heavy (non-hydrogen) atoms. The Labute approximate surface area is 78.3 Å². The van der Waals surface area contributed by atoms with E-state index in [1.165, 1.54) is 13.3 Å². The number of piperidine rings is 1. The number of nitrogens with zero attached hydrogens (tertiary/aromatic N) is 1. The van der Waals surface area contributed by atoms with Gasteiger partial charge in [0.25, 0.3) is 0 Å². The van der Waals surface area contributed by atoms with E-state index in [4.69, 9.17) is 0 Å². The standard InChI is InChI=1S/C9H16N2O2/c1-8(12)10-7-9(13)11-5-3-2-4-6-11/h2-7H2,1H3,(H,10,12). The lowest BCUT2D eigenvalue weighted by Gasteiger charge is -2.26. The smallest absolute Gasteiger partial charge is 0.241 e. The van der Waals surface area contributed by atoms with Crippen LogP contribution < -0.4 is 5.32 Å². The second-order valence-corrected chi connectivity index (χ2v) is 3.35. The summed E-state index contributed by atoms with van der Waals surface area (Å²) < 4.78 is 0. The SMILES string of the molecule is CC(=O)NCC(=O)N1CCCCC1. The van der Waals surface area contributed by atoms with Crippen LogP contribution in [-0.2, 0) is 9.59 Å². The summed E-state index contributed by atoms with van der Waals surface area (Å²) in [7, 11) is 0. The fourth-order valence-electron chi connectivity index (χ4n) is 1.46. The van der Waals surface area contributed by atoms with E-state index < -0.39 is 0 Å². The van der Waals surface area contributed by atoms with Gasteiger partial charge in [-0.1, -0.05) is 0 Å². The quantitative estimate of drug-likeness (QED) is 0.663. The van der Waals surface area contributed by atoms with Crippen LogP contribution in [0.3, 0.4) is 0 Å². The van der Waals surface area contributed by atoms with Crippen molar-refractivity contribution >= 4 is 11.8 Å². The first-order chi connectivity index (χ1) is 6.20. The molecule has 1 aliphatic rings. The Morgan fingerprint density at radius 2 is 1.85 bits per heavy atom. The van der Waals surface area contributed by atoms with Crippen LogP contribution in [0.2, 0.25) is 0 Å². The van der Waals surface area contributed by atoms with Crippen LogP contribution in [0.4, 0.5) is 0 Å². The molecule has 0 aromatic heterocycles. The first kappa shape index (κ1) is 10.0. The molecule has 74 valence electrons. The third-order valence-electron chi connectivity index (χ3n) is 2.20. The number of nitrogens with one attached hydrogen (secondary N) is 1. The van der Waals surface area contributed by atoms with E-state index in [9.17, 15) is 9.59 Å². The van der Waals surface area contributed by atoms with E-state index in [0.717, 1.165) is 25.9 Å². The Morgan fingerprint density at radius 1 is 1.23 bits per heavy atom. The third-order valence-corrected chi connectivity index (χ3v) is 2.20. The molecule has 1 rings (SSSR count). The van der Waals surface area contributed by atoms with Gasteiger partial charge in [0.1, 0.15) is 0 Å². The van der Waals surface area contributed by atoms with E-state index in [1.807, 2.05) is 4.90 Å². The van der Waals surface area contributed by atoms with Gasteiger partial charge in [-0.3, -0.25) is 9.59 Å². The van der Waals surface area contributed by atoms with Crippen LogP contribution >= 0.6 is 0 Å². The number of amides is 2. The second-order valence-electron chi connectivity index (χ2n) is 3.35. The Bertz CT molecular complexity index is 198. The lowest BCUT2D eigenvalue weighted by Crippen LogP contribution is -2.42. The zero-order valence-electron chi connectivity index (χ0n) is 8.01. The zero-order valence-corrected chi connectivity index (χ0v) is 8.01. The number of hydrogen-bond acceptors (Lipinski definition) is 2. The second kappa shape index (κ2) is 4.84. The zero-order chi connectivity index (χ0) is 9.68. The third kappa shape index (κ3) is 3.44. The van der Waals surface area contributed by atoms with Crippen LogP contribution in [0.1, 0.15) is 26.2 Å². The molecule has 1 fully saturated rings. The van der Waals surface area contributed by atoms with Crippen molar-refractivity contribution < 1.29 is 9.59 Å². The number of carbonyl (C=O) groups is 2. The molecule has 1 heterocycles. The first-order valence-electron chi connectivity index (χ1n) is 4.72. The van der Waals surface area contributed by atoms with Gasteiger partial charge >= 0.3 is 0 Å². The maximum absolute atomic E-state index is 11.4. The van der Waals surface area contributed by atoms with Crippen LogP contribution in [-0.4, -0.2) is 36.3 Å². The van der Waals surface area contributed by atoms with Crippen molar-refractivity contribution in [3.8, 4) is 0 Å². The van der Waals surface area contributed by atoms with Gasteiger partial charge in [0.15, 0.2) is 0 Å². The van der Waals surface area contributed by atoms with E-state index in [1.54, 1.807) is 0 Å². The maximum Gasteiger partial charge on any atom is 0.241 e. The molecule has 2 amide bonds. The molecule has 1 saturated heterocycles. The molecular formula is C9H16N2O2. The fourth-order valence-corrected chi connectivity index (χ4v) is 1.46. The lowest BCUT2D eigenvalue weighted by molar-refractivity contribution is -0.133. The molecule has 1 N–H and O–H groups in total. The molecule has 0 saturated carbocycles. The number of carbonyl (C=O) groups excluding carboxylic acids is 2. The van der Waals surface area contributed by atoms with Gasteiger partial charge in [-0.05, 0) is 19.3 Å². The first-order valence-corrected chi connectivity index (χ1v) is 4.72. The monoisotopic (exact) mass is 184 g/mol.